The first kappa shape index (κ1) is 25.2. The summed E-state index contributed by atoms with van der Waals surface area (Å²) in [7, 11) is 0. The maximum absolute atomic E-state index is 4.81. The number of benzene rings is 5. The van der Waals surface area contributed by atoms with Crippen molar-refractivity contribution in [1.82, 2.24) is 0 Å². The lowest BCUT2D eigenvalue weighted by atomic mass is 9.83. The number of nitrogens with zero attached hydrogens (tertiary/aromatic N) is 1. The number of rotatable bonds is 3. The van der Waals surface area contributed by atoms with Gasteiger partial charge in [-0.05, 0) is 85.0 Å². The molecule has 0 aromatic heterocycles. The standard InChI is InChI=1S/C40H33N/c1-28-14-4-2-3-5-15-29(26-25-28)39-34-16-6-8-18-36(34)40(37-19-9-7-17-35(37)39)33-23-13-20-30-31(33)21-12-22-32(30)38-24-10-11-27-41-38/h2-4,6-23,25-28,38H,5,24H2,1H3/b3-2-,14-4-,26-25-,29-15+. The molecule has 2 atom stereocenters. The van der Waals surface area contributed by atoms with Crippen LogP contribution in [0.5, 0.6) is 0 Å². The van der Waals surface area contributed by atoms with Crippen molar-refractivity contribution in [3.05, 3.63) is 151 Å². The Labute approximate surface area is 242 Å². The Bertz CT molecular complexity index is 1900. The summed E-state index contributed by atoms with van der Waals surface area (Å²) < 4.78 is 0. The van der Waals surface area contributed by atoms with Gasteiger partial charge in [0.05, 0.1) is 6.04 Å². The van der Waals surface area contributed by atoms with Crippen LogP contribution in [0, 0.1) is 5.92 Å². The highest BCUT2D eigenvalue weighted by molar-refractivity contribution is 6.22. The third-order valence-electron chi connectivity index (χ3n) is 8.37. The van der Waals surface area contributed by atoms with Gasteiger partial charge in [0.1, 0.15) is 0 Å². The highest BCUT2D eigenvalue weighted by Crippen LogP contribution is 2.45. The first-order valence-corrected chi connectivity index (χ1v) is 14.7. The van der Waals surface area contributed by atoms with Crippen LogP contribution >= 0.6 is 0 Å². The molecule has 1 heteroatoms. The lowest BCUT2D eigenvalue weighted by Crippen LogP contribution is -1.99. The summed E-state index contributed by atoms with van der Waals surface area (Å²) in [5, 5.41) is 7.71. The fourth-order valence-corrected chi connectivity index (χ4v) is 6.43. The van der Waals surface area contributed by atoms with Gasteiger partial charge in [-0.15, -0.1) is 0 Å². The van der Waals surface area contributed by atoms with E-state index in [-0.39, 0.29) is 6.04 Å². The van der Waals surface area contributed by atoms with Crippen molar-refractivity contribution in [3.63, 3.8) is 0 Å². The van der Waals surface area contributed by atoms with Crippen LogP contribution in [-0.2, 0) is 0 Å². The first-order valence-electron chi connectivity index (χ1n) is 14.7. The third-order valence-corrected chi connectivity index (χ3v) is 8.37. The maximum Gasteiger partial charge on any atom is 0.0789 e. The average Bonchev–Trinajstić information content (AvgIpc) is 3.03. The molecule has 0 amide bonds. The van der Waals surface area contributed by atoms with E-state index >= 15 is 0 Å². The van der Waals surface area contributed by atoms with Gasteiger partial charge in [-0.2, -0.15) is 0 Å². The van der Waals surface area contributed by atoms with Crippen LogP contribution in [0.4, 0.5) is 0 Å². The van der Waals surface area contributed by atoms with E-state index in [1.165, 1.54) is 60.1 Å². The molecule has 7 rings (SSSR count). The van der Waals surface area contributed by atoms with Gasteiger partial charge in [0.2, 0.25) is 0 Å². The molecule has 0 bridgehead atoms. The fraction of sp³-hybridized carbons (Fsp3) is 0.125. The third kappa shape index (κ3) is 4.68. The molecular weight excluding hydrogens is 494 g/mol. The predicted molar refractivity (Wildman–Crippen MR) is 179 cm³/mol. The lowest BCUT2D eigenvalue weighted by Gasteiger charge is -2.21. The highest BCUT2D eigenvalue weighted by atomic mass is 14.8. The zero-order valence-electron chi connectivity index (χ0n) is 23.4. The normalized spacial score (nSPS) is 22.4. The SMILES string of the molecule is CC1/C=C\C=C/C/C=C(c2c3ccccc3c(-c3cccc4c(C5CC=CC=N5)cccc34)c3ccccc23)\C=C/1. The number of hydrogen-bond donors (Lipinski definition) is 0. The van der Waals surface area contributed by atoms with Gasteiger partial charge in [0, 0.05) is 6.21 Å². The van der Waals surface area contributed by atoms with Gasteiger partial charge >= 0.3 is 0 Å². The Morgan fingerprint density at radius 3 is 2.02 bits per heavy atom. The van der Waals surface area contributed by atoms with Gasteiger partial charge < -0.3 is 0 Å². The molecule has 5 aromatic carbocycles. The predicted octanol–water partition coefficient (Wildman–Crippen LogP) is 11.0. The van der Waals surface area contributed by atoms with Crippen LogP contribution in [0.3, 0.4) is 0 Å². The largest absolute Gasteiger partial charge is 0.285 e. The average molecular weight is 528 g/mol. The summed E-state index contributed by atoms with van der Waals surface area (Å²) in [6.45, 7) is 2.24. The van der Waals surface area contributed by atoms with Crippen LogP contribution < -0.4 is 0 Å². The first-order chi connectivity index (χ1) is 20.3. The van der Waals surface area contributed by atoms with Crippen molar-refractivity contribution in [2.45, 2.75) is 25.8 Å². The summed E-state index contributed by atoms with van der Waals surface area (Å²) in [6, 6.07) is 31.6. The number of allylic oxidation sites excluding steroid dienone is 9. The second-order valence-electron chi connectivity index (χ2n) is 11.0. The summed E-state index contributed by atoms with van der Waals surface area (Å²) in [5.41, 5.74) is 6.46. The number of dihydropyridines is 1. The maximum atomic E-state index is 4.81. The monoisotopic (exact) mass is 527 g/mol. The van der Waals surface area contributed by atoms with Crippen molar-refractivity contribution in [1.29, 1.82) is 0 Å². The van der Waals surface area contributed by atoms with E-state index in [0.717, 1.165) is 12.8 Å². The minimum absolute atomic E-state index is 0.160. The second kappa shape index (κ2) is 11.0. The Hall–Kier alpha value is -4.75. The van der Waals surface area contributed by atoms with Crippen LogP contribution in [0.15, 0.2) is 145 Å². The smallest absolute Gasteiger partial charge is 0.0789 e. The van der Waals surface area contributed by atoms with E-state index in [9.17, 15) is 0 Å². The van der Waals surface area contributed by atoms with E-state index in [2.05, 4.69) is 140 Å². The lowest BCUT2D eigenvalue weighted by molar-refractivity contribution is 0.747. The molecule has 2 aliphatic rings. The zero-order valence-corrected chi connectivity index (χ0v) is 23.4. The Balaban J connectivity index is 1.52. The second-order valence-corrected chi connectivity index (χ2v) is 11.0. The number of aliphatic imine (C=N–C) groups is 1. The van der Waals surface area contributed by atoms with Crippen molar-refractivity contribution in [3.8, 4) is 11.1 Å². The molecule has 2 unspecified atom stereocenters. The van der Waals surface area contributed by atoms with Crippen molar-refractivity contribution >= 4 is 44.1 Å². The Morgan fingerprint density at radius 2 is 1.29 bits per heavy atom. The molecule has 1 aliphatic heterocycles. The number of fused-ring (bicyclic) bond motifs is 3. The molecule has 198 valence electrons. The molecule has 41 heavy (non-hydrogen) atoms. The quantitative estimate of drug-likeness (QED) is 0.207. The van der Waals surface area contributed by atoms with Crippen molar-refractivity contribution in [2.75, 3.05) is 0 Å². The van der Waals surface area contributed by atoms with E-state index < -0.39 is 0 Å². The Morgan fingerprint density at radius 1 is 0.610 bits per heavy atom. The van der Waals surface area contributed by atoms with E-state index in [1.54, 1.807) is 0 Å². The summed E-state index contributed by atoms with van der Waals surface area (Å²) in [5.74, 6) is 0.367. The molecule has 0 saturated heterocycles. The van der Waals surface area contributed by atoms with Crippen LogP contribution in [-0.4, -0.2) is 6.21 Å². The summed E-state index contributed by atoms with van der Waals surface area (Å²) in [6.07, 6.45) is 23.8. The topological polar surface area (TPSA) is 12.4 Å². The molecule has 0 fully saturated rings. The highest BCUT2D eigenvalue weighted by Gasteiger charge is 2.20. The molecule has 1 nitrogen and oxygen atoms in total. The molecule has 5 aromatic rings. The fourth-order valence-electron chi connectivity index (χ4n) is 6.43. The van der Waals surface area contributed by atoms with Crippen molar-refractivity contribution in [2.24, 2.45) is 10.9 Å². The van der Waals surface area contributed by atoms with Gasteiger partial charge in [0.25, 0.3) is 0 Å². The summed E-state index contributed by atoms with van der Waals surface area (Å²) in [4.78, 5) is 4.81. The Kier molecular flexibility index (Phi) is 6.78. The van der Waals surface area contributed by atoms with Crippen LogP contribution in [0.2, 0.25) is 0 Å². The molecule has 1 aliphatic carbocycles. The zero-order chi connectivity index (χ0) is 27.6. The van der Waals surface area contributed by atoms with Gasteiger partial charge in [-0.1, -0.05) is 140 Å². The van der Waals surface area contributed by atoms with Crippen LogP contribution in [0.25, 0.3) is 49.0 Å². The van der Waals surface area contributed by atoms with E-state index in [0.29, 0.717) is 5.92 Å². The van der Waals surface area contributed by atoms with Crippen LogP contribution in [0.1, 0.15) is 36.9 Å². The molecular formula is C40H33N. The van der Waals surface area contributed by atoms with E-state index in [4.69, 9.17) is 4.99 Å². The minimum atomic E-state index is 0.160. The van der Waals surface area contributed by atoms with Gasteiger partial charge in [-0.25, -0.2) is 0 Å². The molecule has 1 heterocycles. The van der Waals surface area contributed by atoms with Gasteiger partial charge in [0.15, 0.2) is 0 Å². The van der Waals surface area contributed by atoms with Crippen molar-refractivity contribution < 1.29 is 0 Å². The molecule has 0 radical (unpaired) electrons. The minimum Gasteiger partial charge on any atom is -0.285 e. The molecule has 0 N–H and O–H groups in total. The summed E-state index contributed by atoms with van der Waals surface area (Å²) >= 11 is 0. The number of hydrogen-bond acceptors (Lipinski definition) is 1. The molecule has 0 spiro atoms. The molecule has 0 saturated carbocycles. The van der Waals surface area contributed by atoms with E-state index in [1.807, 2.05) is 12.3 Å². The van der Waals surface area contributed by atoms with Gasteiger partial charge in [-0.3, -0.25) is 4.99 Å².